The summed E-state index contributed by atoms with van der Waals surface area (Å²) < 4.78 is 23.2. The van der Waals surface area contributed by atoms with E-state index >= 15 is 0 Å². The molecule has 1 heterocycles. The third-order valence-corrected chi connectivity index (χ3v) is 7.98. The van der Waals surface area contributed by atoms with Crippen LogP contribution in [0.25, 0.3) is 0 Å². The number of imide groups is 1. The Hall–Kier alpha value is -3.53. The van der Waals surface area contributed by atoms with E-state index in [9.17, 15) is 22.8 Å². The quantitative estimate of drug-likeness (QED) is 0.391. The molecule has 0 radical (unpaired) electrons. The van der Waals surface area contributed by atoms with Crippen LogP contribution in [0.2, 0.25) is 5.02 Å². The van der Waals surface area contributed by atoms with Crippen molar-refractivity contribution in [1.82, 2.24) is 4.90 Å². The molecule has 10 heteroatoms. The molecule has 3 amide bonds. The first-order valence-corrected chi connectivity index (χ1v) is 14.5. The SMILES string of the molecule is CC(C)c1ccc(N2C(=O)CC(N(CCc3ccc(S(N)(=O)=O)cc3)C(=O)Cc3ccc(Cl)cc3)C2=O)cc1. The minimum Gasteiger partial charge on any atom is -0.329 e. The van der Waals surface area contributed by atoms with E-state index in [-0.39, 0.29) is 36.1 Å². The molecule has 1 saturated heterocycles. The van der Waals surface area contributed by atoms with E-state index in [0.29, 0.717) is 23.0 Å². The van der Waals surface area contributed by atoms with Crippen molar-refractivity contribution in [2.24, 2.45) is 5.14 Å². The first-order valence-electron chi connectivity index (χ1n) is 12.6. The molecule has 3 aromatic carbocycles. The van der Waals surface area contributed by atoms with E-state index in [2.05, 4.69) is 13.8 Å². The van der Waals surface area contributed by atoms with Gasteiger partial charge in [-0.1, -0.05) is 61.8 Å². The van der Waals surface area contributed by atoms with Crippen molar-refractivity contribution in [1.29, 1.82) is 0 Å². The highest BCUT2D eigenvalue weighted by atomic mass is 35.5. The van der Waals surface area contributed by atoms with Crippen LogP contribution in [0.3, 0.4) is 0 Å². The number of amides is 3. The van der Waals surface area contributed by atoms with Crippen LogP contribution in [0, 0.1) is 0 Å². The number of hydrogen-bond acceptors (Lipinski definition) is 5. The van der Waals surface area contributed by atoms with Crippen LogP contribution in [-0.4, -0.2) is 43.6 Å². The maximum atomic E-state index is 13.6. The molecular weight excluding hydrogens is 538 g/mol. The third-order valence-electron chi connectivity index (χ3n) is 6.80. The van der Waals surface area contributed by atoms with Crippen molar-refractivity contribution in [3.63, 3.8) is 0 Å². The molecule has 3 aromatic rings. The summed E-state index contributed by atoms with van der Waals surface area (Å²) in [5.74, 6) is -0.825. The van der Waals surface area contributed by atoms with E-state index in [4.69, 9.17) is 16.7 Å². The smallest absolute Gasteiger partial charge is 0.257 e. The lowest BCUT2D eigenvalue weighted by Crippen LogP contribution is -2.47. The maximum Gasteiger partial charge on any atom is 0.257 e. The van der Waals surface area contributed by atoms with Gasteiger partial charge in [-0.3, -0.25) is 14.4 Å². The number of nitrogens with zero attached hydrogens (tertiary/aromatic N) is 2. The fourth-order valence-electron chi connectivity index (χ4n) is 4.57. The molecule has 2 N–H and O–H groups in total. The molecule has 8 nitrogen and oxygen atoms in total. The standard InChI is InChI=1S/C29H30ClN3O5S/c1-19(2)22-7-11-24(12-8-22)33-28(35)18-26(29(33)36)32(27(34)17-21-3-9-23(30)10-4-21)16-15-20-5-13-25(14-6-20)39(31,37)38/h3-14,19,26H,15-18H2,1-2H3,(H2,31,37,38). The fourth-order valence-corrected chi connectivity index (χ4v) is 5.21. The summed E-state index contributed by atoms with van der Waals surface area (Å²) >= 11 is 5.98. The average Bonchev–Trinajstić information content (AvgIpc) is 3.18. The second kappa shape index (κ2) is 11.7. The zero-order chi connectivity index (χ0) is 28.3. The van der Waals surface area contributed by atoms with Gasteiger partial charge in [0.1, 0.15) is 6.04 Å². The lowest BCUT2D eigenvalue weighted by atomic mass is 10.0. The summed E-state index contributed by atoms with van der Waals surface area (Å²) in [5, 5.41) is 5.73. The number of primary sulfonamides is 1. The molecule has 1 fully saturated rings. The van der Waals surface area contributed by atoms with Crippen molar-refractivity contribution in [3.8, 4) is 0 Å². The Balaban J connectivity index is 1.58. The molecule has 204 valence electrons. The predicted octanol–water partition coefficient (Wildman–Crippen LogP) is 4.06. The van der Waals surface area contributed by atoms with Gasteiger partial charge in [-0.15, -0.1) is 0 Å². The molecule has 0 bridgehead atoms. The van der Waals surface area contributed by atoms with Crippen LogP contribution in [0.1, 0.15) is 42.9 Å². The van der Waals surface area contributed by atoms with E-state index in [1.807, 2.05) is 12.1 Å². The van der Waals surface area contributed by atoms with Crippen LogP contribution in [0.5, 0.6) is 0 Å². The first-order chi connectivity index (χ1) is 18.4. The van der Waals surface area contributed by atoms with E-state index < -0.39 is 22.0 Å². The summed E-state index contributed by atoms with van der Waals surface area (Å²) in [7, 11) is -3.83. The van der Waals surface area contributed by atoms with Gasteiger partial charge in [0.2, 0.25) is 21.8 Å². The van der Waals surface area contributed by atoms with Gasteiger partial charge in [-0.2, -0.15) is 0 Å². The van der Waals surface area contributed by atoms with Crippen LogP contribution >= 0.6 is 11.6 Å². The number of carbonyl (C=O) groups is 3. The Morgan fingerprint density at radius 3 is 2.13 bits per heavy atom. The number of benzene rings is 3. The van der Waals surface area contributed by atoms with Gasteiger partial charge in [0.05, 0.1) is 23.4 Å². The van der Waals surface area contributed by atoms with Crippen molar-refractivity contribution in [2.75, 3.05) is 11.4 Å². The van der Waals surface area contributed by atoms with E-state index in [1.54, 1.807) is 48.5 Å². The van der Waals surface area contributed by atoms with Crippen LogP contribution in [0.15, 0.2) is 77.7 Å². The number of hydrogen-bond donors (Lipinski definition) is 1. The van der Waals surface area contributed by atoms with Crippen molar-refractivity contribution < 1.29 is 22.8 Å². The van der Waals surface area contributed by atoms with Gasteiger partial charge in [-0.05, 0) is 65.4 Å². The van der Waals surface area contributed by atoms with E-state index in [0.717, 1.165) is 21.6 Å². The fraction of sp³-hybridized carbons (Fsp3) is 0.276. The zero-order valence-corrected chi connectivity index (χ0v) is 23.3. The molecule has 1 aliphatic heterocycles. The number of rotatable bonds is 9. The lowest BCUT2D eigenvalue weighted by molar-refractivity contribution is -0.137. The molecule has 0 aliphatic carbocycles. The summed E-state index contributed by atoms with van der Waals surface area (Å²) in [6.45, 7) is 4.28. The van der Waals surface area contributed by atoms with Gasteiger partial charge in [-0.25, -0.2) is 18.5 Å². The van der Waals surface area contributed by atoms with Gasteiger partial charge in [0, 0.05) is 11.6 Å². The number of nitrogens with two attached hydrogens (primary N) is 1. The average molecular weight is 568 g/mol. The number of anilines is 1. The molecule has 4 rings (SSSR count). The number of sulfonamides is 1. The van der Waals surface area contributed by atoms with Gasteiger partial charge in [0.25, 0.3) is 5.91 Å². The molecule has 0 saturated carbocycles. The Morgan fingerprint density at radius 1 is 0.974 bits per heavy atom. The summed E-state index contributed by atoms with van der Waals surface area (Å²) in [5.41, 5.74) is 3.04. The molecule has 1 aliphatic rings. The Kier molecular flexibility index (Phi) is 8.54. The highest BCUT2D eigenvalue weighted by Crippen LogP contribution is 2.28. The van der Waals surface area contributed by atoms with E-state index in [1.165, 1.54) is 17.0 Å². The predicted molar refractivity (Wildman–Crippen MR) is 150 cm³/mol. The van der Waals surface area contributed by atoms with Crippen LogP contribution in [0.4, 0.5) is 5.69 Å². The highest BCUT2D eigenvalue weighted by molar-refractivity contribution is 7.89. The molecule has 39 heavy (non-hydrogen) atoms. The minimum atomic E-state index is -3.83. The summed E-state index contributed by atoms with van der Waals surface area (Å²) in [4.78, 5) is 42.7. The summed E-state index contributed by atoms with van der Waals surface area (Å²) in [6.07, 6.45) is 0.252. The Bertz CT molecular complexity index is 1470. The molecule has 1 atom stereocenters. The largest absolute Gasteiger partial charge is 0.329 e. The zero-order valence-electron chi connectivity index (χ0n) is 21.7. The topological polar surface area (TPSA) is 118 Å². The van der Waals surface area contributed by atoms with Gasteiger partial charge < -0.3 is 4.90 Å². The van der Waals surface area contributed by atoms with Crippen molar-refractivity contribution >= 4 is 45.0 Å². The second-order valence-electron chi connectivity index (χ2n) is 9.86. The van der Waals surface area contributed by atoms with Crippen LogP contribution < -0.4 is 10.0 Å². The minimum absolute atomic E-state index is 0.0161. The lowest BCUT2D eigenvalue weighted by Gasteiger charge is -2.28. The molecule has 0 aromatic heterocycles. The first kappa shape index (κ1) is 28.5. The van der Waals surface area contributed by atoms with Gasteiger partial charge >= 0.3 is 0 Å². The summed E-state index contributed by atoms with van der Waals surface area (Å²) in [6, 6.07) is 19.2. The molecule has 1 unspecified atom stereocenters. The second-order valence-corrected chi connectivity index (χ2v) is 11.9. The number of halogens is 1. The monoisotopic (exact) mass is 567 g/mol. The Morgan fingerprint density at radius 2 is 1.56 bits per heavy atom. The van der Waals surface area contributed by atoms with Gasteiger partial charge in [0.15, 0.2) is 0 Å². The van der Waals surface area contributed by atoms with Crippen molar-refractivity contribution in [2.45, 2.75) is 50.0 Å². The normalized spacial score (nSPS) is 15.7. The Labute approximate surface area is 233 Å². The van der Waals surface area contributed by atoms with Crippen molar-refractivity contribution in [3.05, 3.63) is 94.5 Å². The molecular formula is C29H30ClN3O5S. The number of carbonyl (C=O) groups excluding carboxylic acids is 3. The highest BCUT2D eigenvalue weighted by Gasteiger charge is 2.44. The molecule has 0 spiro atoms. The maximum absolute atomic E-state index is 13.6. The van der Waals surface area contributed by atoms with Crippen LogP contribution in [-0.2, 0) is 37.2 Å². The third kappa shape index (κ3) is 6.73.